The molecule has 1 amide bonds. The quantitative estimate of drug-likeness (QED) is 0.789. The lowest BCUT2D eigenvalue weighted by atomic mass is 10.1. The van der Waals surface area contributed by atoms with Crippen LogP contribution in [0.15, 0.2) is 24.3 Å². The first-order valence-electron chi connectivity index (χ1n) is 6.88. The minimum atomic E-state index is -0.335. The number of carbonyl (C=O) groups excluding carboxylic acids is 1. The van der Waals surface area contributed by atoms with E-state index in [1.165, 1.54) is 33.5 Å². The standard InChI is InChI=1S/C16H16Cl2N2O4/c1-22-11-7-13(24-3)12(23-2)4-10(11)8-19-16(21)9-5-14(17)20-15(18)6-9/h4-7H,8H2,1-3H3,(H,19,21). The van der Waals surface area contributed by atoms with Gasteiger partial charge in [-0.05, 0) is 18.2 Å². The van der Waals surface area contributed by atoms with Crippen molar-refractivity contribution in [1.82, 2.24) is 10.3 Å². The molecule has 0 aliphatic heterocycles. The molecule has 1 aromatic heterocycles. The fourth-order valence-corrected chi connectivity index (χ4v) is 2.56. The number of aromatic nitrogens is 1. The first-order valence-corrected chi connectivity index (χ1v) is 7.64. The summed E-state index contributed by atoms with van der Waals surface area (Å²) in [6, 6.07) is 6.31. The normalized spacial score (nSPS) is 10.2. The maximum absolute atomic E-state index is 12.2. The van der Waals surface area contributed by atoms with Gasteiger partial charge in [0.15, 0.2) is 11.5 Å². The van der Waals surface area contributed by atoms with Gasteiger partial charge in [0, 0.05) is 23.7 Å². The van der Waals surface area contributed by atoms with Crippen molar-refractivity contribution in [2.24, 2.45) is 0 Å². The Morgan fingerprint density at radius 1 is 0.958 bits per heavy atom. The second-order valence-corrected chi connectivity index (χ2v) is 5.48. The van der Waals surface area contributed by atoms with E-state index in [0.717, 1.165) is 5.56 Å². The van der Waals surface area contributed by atoms with Gasteiger partial charge in [0.05, 0.1) is 21.3 Å². The van der Waals surface area contributed by atoms with Crippen LogP contribution in [-0.2, 0) is 6.54 Å². The fourth-order valence-electron chi connectivity index (χ4n) is 2.10. The molecule has 1 aromatic carbocycles. The molecule has 2 rings (SSSR count). The first-order chi connectivity index (χ1) is 11.5. The number of nitrogens with one attached hydrogen (secondary N) is 1. The predicted octanol–water partition coefficient (Wildman–Crippen LogP) is 3.34. The molecule has 0 aliphatic carbocycles. The molecule has 8 heteroatoms. The van der Waals surface area contributed by atoms with Crippen molar-refractivity contribution in [2.75, 3.05) is 21.3 Å². The highest BCUT2D eigenvalue weighted by Gasteiger charge is 2.14. The zero-order chi connectivity index (χ0) is 17.7. The summed E-state index contributed by atoms with van der Waals surface area (Å²) >= 11 is 11.6. The van der Waals surface area contributed by atoms with E-state index in [1.807, 2.05) is 0 Å². The maximum Gasteiger partial charge on any atom is 0.251 e. The molecular weight excluding hydrogens is 355 g/mol. The number of rotatable bonds is 6. The van der Waals surface area contributed by atoms with Crippen molar-refractivity contribution < 1.29 is 19.0 Å². The summed E-state index contributed by atoms with van der Waals surface area (Å²) in [4.78, 5) is 16.1. The second-order valence-electron chi connectivity index (χ2n) is 4.70. The third kappa shape index (κ3) is 4.21. The summed E-state index contributed by atoms with van der Waals surface area (Å²) in [5.74, 6) is 1.31. The van der Waals surface area contributed by atoms with Crippen LogP contribution in [0.3, 0.4) is 0 Å². The van der Waals surface area contributed by atoms with Crippen molar-refractivity contribution in [3.8, 4) is 17.2 Å². The van der Waals surface area contributed by atoms with Gasteiger partial charge in [0.1, 0.15) is 16.1 Å². The van der Waals surface area contributed by atoms with Crippen LogP contribution in [0.25, 0.3) is 0 Å². The van der Waals surface area contributed by atoms with E-state index in [1.54, 1.807) is 12.1 Å². The van der Waals surface area contributed by atoms with E-state index < -0.39 is 0 Å². The SMILES string of the molecule is COc1cc(OC)c(OC)cc1CNC(=O)c1cc(Cl)nc(Cl)c1. The summed E-state index contributed by atoms with van der Waals surface area (Å²) in [7, 11) is 4.61. The first kappa shape index (κ1) is 18.2. The van der Waals surface area contributed by atoms with Gasteiger partial charge in [0.25, 0.3) is 5.91 Å². The van der Waals surface area contributed by atoms with E-state index in [0.29, 0.717) is 22.8 Å². The highest BCUT2D eigenvalue weighted by atomic mass is 35.5. The Morgan fingerprint density at radius 3 is 2.04 bits per heavy atom. The molecule has 24 heavy (non-hydrogen) atoms. The van der Waals surface area contributed by atoms with Crippen LogP contribution in [0.2, 0.25) is 10.3 Å². The Bertz CT molecular complexity index is 733. The van der Waals surface area contributed by atoms with Gasteiger partial charge >= 0.3 is 0 Å². The minimum Gasteiger partial charge on any atom is -0.496 e. The van der Waals surface area contributed by atoms with Crippen molar-refractivity contribution in [2.45, 2.75) is 6.54 Å². The van der Waals surface area contributed by atoms with Gasteiger partial charge in [-0.15, -0.1) is 0 Å². The largest absolute Gasteiger partial charge is 0.496 e. The van der Waals surface area contributed by atoms with Crippen molar-refractivity contribution in [3.05, 3.63) is 45.7 Å². The Kier molecular flexibility index (Phi) is 6.11. The van der Waals surface area contributed by atoms with Gasteiger partial charge in [-0.1, -0.05) is 23.2 Å². The monoisotopic (exact) mass is 370 g/mol. The molecule has 0 atom stereocenters. The van der Waals surface area contributed by atoms with Crippen molar-refractivity contribution >= 4 is 29.1 Å². The fraction of sp³-hybridized carbons (Fsp3) is 0.250. The minimum absolute atomic E-state index is 0.149. The zero-order valence-electron chi connectivity index (χ0n) is 13.4. The van der Waals surface area contributed by atoms with E-state index in [-0.39, 0.29) is 22.8 Å². The third-order valence-corrected chi connectivity index (χ3v) is 3.64. The predicted molar refractivity (Wildman–Crippen MR) is 91.5 cm³/mol. The molecule has 128 valence electrons. The summed E-state index contributed by atoms with van der Waals surface area (Å²) < 4.78 is 15.8. The molecule has 0 bridgehead atoms. The number of pyridine rings is 1. The Morgan fingerprint density at radius 2 is 1.50 bits per heavy atom. The van der Waals surface area contributed by atoms with E-state index in [4.69, 9.17) is 37.4 Å². The molecule has 0 aliphatic rings. The summed E-state index contributed by atoms with van der Waals surface area (Å²) in [5.41, 5.74) is 1.05. The Labute approximate surface area is 149 Å². The molecule has 1 N–H and O–H groups in total. The molecule has 0 spiro atoms. The molecular formula is C16H16Cl2N2O4. The number of halogens is 2. The number of nitrogens with zero attached hydrogens (tertiary/aromatic N) is 1. The molecule has 1 heterocycles. The van der Waals surface area contributed by atoms with Crippen LogP contribution in [0.1, 0.15) is 15.9 Å². The summed E-state index contributed by atoms with van der Waals surface area (Å²) in [5, 5.41) is 3.07. The Balaban J connectivity index is 2.20. The molecule has 2 aromatic rings. The third-order valence-electron chi connectivity index (χ3n) is 3.25. The number of benzene rings is 1. The lowest BCUT2D eigenvalue weighted by molar-refractivity contribution is 0.0950. The maximum atomic E-state index is 12.2. The average Bonchev–Trinajstić information content (AvgIpc) is 2.57. The smallest absolute Gasteiger partial charge is 0.251 e. The molecule has 0 fully saturated rings. The molecule has 0 radical (unpaired) electrons. The van der Waals surface area contributed by atoms with Gasteiger partial charge < -0.3 is 19.5 Å². The van der Waals surface area contributed by atoms with Crippen LogP contribution in [-0.4, -0.2) is 32.2 Å². The lowest BCUT2D eigenvalue weighted by Crippen LogP contribution is -2.23. The molecule has 6 nitrogen and oxygen atoms in total. The number of amides is 1. The highest BCUT2D eigenvalue weighted by molar-refractivity contribution is 6.33. The van der Waals surface area contributed by atoms with Gasteiger partial charge in [-0.3, -0.25) is 4.79 Å². The molecule has 0 saturated heterocycles. The van der Waals surface area contributed by atoms with Gasteiger partial charge in [0.2, 0.25) is 0 Å². The number of methoxy groups -OCH3 is 3. The molecule has 0 unspecified atom stereocenters. The highest BCUT2D eigenvalue weighted by Crippen LogP contribution is 2.34. The van der Waals surface area contributed by atoms with Crippen LogP contribution in [0.4, 0.5) is 0 Å². The van der Waals surface area contributed by atoms with Crippen LogP contribution in [0, 0.1) is 0 Å². The van der Waals surface area contributed by atoms with E-state index in [2.05, 4.69) is 10.3 Å². The summed E-state index contributed by atoms with van der Waals surface area (Å²) in [6.45, 7) is 0.222. The second kappa shape index (κ2) is 8.08. The zero-order valence-corrected chi connectivity index (χ0v) is 14.9. The number of hydrogen-bond donors (Lipinski definition) is 1. The molecule has 0 saturated carbocycles. The van der Waals surface area contributed by atoms with Crippen molar-refractivity contribution in [3.63, 3.8) is 0 Å². The topological polar surface area (TPSA) is 69.7 Å². The van der Waals surface area contributed by atoms with Crippen molar-refractivity contribution in [1.29, 1.82) is 0 Å². The van der Waals surface area contributed by atoms with Crippen LogP contribution < -0.4 is 19.5 Å². The Hall–Kier alpha value is -2.18. The van der Waals surface area contributed by atoms with E-state index >= 15 is 0 Å². The van der Waals surface area contributed by atoms with Gasteiger partial charge in [-0.2, -0.15) is 0 Å². The van der Waals surface area contributed by atoms with Crippen LogP contribution in [0.5, 0.6) is 17.2 Å². The van der Waals surface area contributed by atoms with E-state index in [9.17, 15) is 4.79 Å². The number of carbonyl (C=O) groups is 1. The lowest BCUT2D eigenvalue weighted by Gasteiger charge is -2.14. The number of hydrogen-bond acceptors (Lipinski definition) is 5. The van der Waals surface area contributed by atoms with Crippen LogP contribution >= 0.6 is 23.2 Å². The number of ether oxygens (including phenoxy) is 3. The average molecular weight is 371 g/mol. The van der Waals surface area contributed by atoms with Gasteiger partial charge in [-0.25, -0.2) is 4.98 Å². The summed E-state index contributed by atoms with van der Waals surface area (Å²) in [6.07, 6.45) is 0.